The molecule has 7 heteroatoms. The van der Waals surface area contributed by atoms with Crippen LogP contribution in [0.5, 0.6) is 0 Å². The van der Waals surface area contributed by atoms with E-state index in [1.807, 2.05) is 20.3 Å². The van der Waals surface area contributed by atoms with E-state index in [9.17, 15) is 4.79 Å². The number of carbonyl (C=O) groups is 1. The first-order chi connectivity index (χ1) is 12.1. The van der Waals surface area contributed by atoms with E-state index in [-0.39, 0.29) is 17.5 Å². The van der Waals surface area contributed by atoms with E-state index >= 15 is 0 Å². The summed E-state index contributed by atoms with van der Waals surface area (Å²) in [5, 5.41) is 10.5. The maximum atomic E-state index is 12.8. The number of aromatic nitrogens is 2. The third-order valence-corrected chi connectivity index (χ3v) is 5.67. The van der Waals surface area contributed by atoms with E-state index in [1.165, 1.54) is 19.3 Å². The van der Waals surface area contributed by atoms with E-state index in [1.54, 1.807) is 10.9 Å². The number of ether oxygens (including phenoxy) is 1. The van der Waals surface area contributed by atoms with Gasteiger partial charge in [0.1, 0.15) is 6.04 Å². The molecule has 1 amide bonds. The van der Waals surface area contributed by atoms with Crippen molar-refractivity contribution < 1.29 is 9.53 Å². The van der Waals surface area contributed by atoms with Crippen molar-refractivity contribution in [1.29, 1.82) is 0 Å². The first-order valence-corrected chi connectivity index (χ1v) is 9.41. The van der Waals surface area contributed by atoms with Gasteiger partial charge in [0.15, 0.2) is 0 Å². The van der Waals surface area contributed by atoms with E-state index in [4.69, 9.17) is 4.74 Å². The molecule has 3 rings (SSSR count). The largest absolute Gasteiger partial charge is 0.379 e. The molecule has 140 valence electrons. The zero-order valence-corrected chi connectivity index (χ0v) is 15.5. The Balaban J connectivity index is 1.66. The molecule has 2 fully saturated rings. The molecule has 1 unspecified atom stereocenters. The first kappa shape index (κ1) is 18.4. The van der Waals surface area contributed by atoms with Crippen LogP contribution in [0.1, 0.15) is 43.7 Å². The third-order valence-electron chi connectivity index (χ3n) is 5.67. The van der Waals surface area contributed by atoms with Gasteiger partial charge in [-0.25, -0.2) is 0 Å². The Labute approximate surface area is 150 Å². The summed E-state index contributed by atoms with van der Waals surface area (Å²) in [4.78, 5) is 15.3. The van der Waals surface area contributed by atoms with Crippen molar-refractivity contribution in [3.05, 3.63) is 18.0 Å². The Morgan fingerprint density at radius 1 is 1.32 bits per heavy atom. The molecular weight excluding hydrogens is 318 g/mol. The van der Waals surface area contributed by atoms with Gasteiger partial charge in [-0.3, -0.25) is 14.4 Å². The Morgan fingerprint density at radius 3 is 2.64 bits per heavy atom. The van der Waals surface area contributed by atoms with Crippen LogP contribution in [-0.4, -0.2) is 66.0 Å². The molecule has 25 heavy (non-hydrogen) atoms. The average Bonchev–Trinajstić information content (AvgIpc) is 3.08. The molecule has 0 radical (unpaired) electrons. The summed E-state index contributed by atoms with van der Waals surface area (Å²) in [6.07, 6.45) is 9.73. The summed E-state index contributed by atoms with van der Waals surface area (Å²) < 4.78 is 7.25. The maximum Gasteiger partial charge on any atom is 0.241 e. The van der Waals surface area contributed by atoms with E-state index in [0.29, 0.717) is 6.54 Å². The number of carbonyl (C=O) groups excluding carboxylic acids is 1. The van der Waals surface area contributed by atoms with Gasteiger partial charge in [-0.1, -0.05) is 19.3 Å². The number of nitrogens with one attached hydrogen (secondary N) is 2. The normalized spacial score (nSPS) is 22.5. The second-order valence-electron chi connectivity index (χ2n) is 7.27. The minimum atomic E-state index is -0.362. The van der Waals surface area contributed by atoms with Gasteiger partial charge >= 0.3 is 0 Å². The minimum Gasteiger partial charge on any atom is -0.379 e. The molecule has 1 saturated carbocycles. The number of hydrogen-bond acceptors (Lipinski definition) is 5. The van der Waals surface area contributed by atoms with Gasteiger partial charge < -0.3 is 15.4 Å². The van der Waals surface area contributed by atoms with Crippen molar-refractivity contribution in [2.75, 3.05) is 39.9 Å². The molecule has 2 aliphatic rings. The molecular formula is C18H31N5O2. The van der Waals surface area contributed by atoms with E-state index < -0.39 is 0 Å². The summed E-state index contributed by atoms with van der Waals surface area (Å²) in [6, 6.07) is -0.362. The number of likely N-dealkylation sites (N-methyl/N-ethyl adjacent to an activating group) is 1. The van der Waals surface area contributed by atoms with Gasteiger partial charge in [-0.2, -0.15) is 5.10 Å². The fraction of sp³-hybridized carbons (Fsp3) is 0.778. The second kappa shape index (κ2) is 8.29. The first-order valence-electron chi connectivity index (χ1n) is 9.41. The van der Waals surface area contributed by atoms with Gasteiger partial charge in [-0.05, 0) is 19.9 Å². The van der Waals surface area contributed by atoms with Crippen molar-refractivity contribution in [1.82, 2.24) is 25.3 Å². The maximum absolute atomic E-state index is 12.8. The van der Waals surface area contributed by atoms with Crippen LogP contribution in [0.15, 0.2) is 12.4 Å². The van der Waals surface area contributed by atoms with Gasteiger partial charge in [-0.15, -0.1) is 0 Å². The van der Waals surface area contributed by atoms with Crippen molar-refractivity contribution >= 4 is 5.91 Å². The summed E-state index contributed by atoms with van der Waals surface area (Å²) >= 11 is 0. The highest BCUT2D eigenvalue weighted by molar-refractivity contribution is 5.83. The highest BCUT2D eigenvalue weighted by Gasteiger charge is 2.39. The Morgan fingerprint density at radius 2 is 2.04 bits per heavy atom. The van der Waals surface area contributed by atoms with Crippen LogP contribution in [0.3, 0.4) is 0 Å². The molecule has 1 atom stereocenters. The topological polar surface area (TPSA) is 71.4 Å². The van der Waals surface area contributed by atoms with Crippen molar-refractivity contribution in [3.8, 4) is 0 Å². The van der Waals surface area contributed by atoms with Crippen molar-refractivity contribution in [3.63, 3.8) is 0 Å². The smallest absolute Gasteiger partial charge is 0.241 e. The second-order valence-corrected chi connectivity index (χ2v) is 7.27. The quantitative estimate of drug-likeness (QED) is 0.796. The lowest BCUT2D eigenvalue weighted by molar-refractivity contribution is -0.124. The monoisotopic (exact) mass is 349 g/mol. The number of aryl methyl sites for hydroxylation is 1. The Kier molecular flexibility index (Phi) is 6.09. The van der Waals surface area contributed by atoms with Gasteiger partial charge in [0, 0.05) is 44.0 Å². The van der Waals surface area contributed by atoms with Crippen LogP contribution in [0, 0.1) is 0 Å². The summed E-state index contributed by atoms with van der Waals surface area (Å²) in [7, 11) is 3.68. The summed E-state index contributed by atoms with van der Waals surface area (Å²) in [5.41, 5.74) is 0.983. The standard InChI is InChI=1S/C18H31N5O2/c1-19-16(15-12-21-22(2)13-15)17(24)20-14-18(6-4-3-5-7-18)23-8-10-25-11-9-23/h12-13,16,19H,3-11,14H2,1-2H3,(H,20,24). The minimum absolute atomic E-state index is 0.0220. The molecule has 1 aliphatic carbocycles. The molecule has 0 aromatic carbocycles. The highest BCUT2D eigenvalue weighted by atomic mass is 16.5. The highest BCUT2D eigenvalue weighted by Crippen LogP contribution is 2.34. The molecule has 1 aliphatic heterocycles. The van der Waals surface area contributed by atoms with Crippen LogP contribution >= 0.6 is 0 Å². The lowest BCUT2D eigenvalue weighted by atomic mass is 9.79. The Hall–Kier alpha value is -1.44. The van der Waals surface area contributed by atoms with Crippen molar-refractivity contribution in [2.24, 2.45) is 7.05 Å². The number of amides is 1. The van der Waals surface area contributed by atoms with Crippen LogP contribution < -0.4 is 10.6 Å². The SMILES string of the molecule is CNC(C(=O)NCC1(N2CCOCC2)CCCCC1)c1cnn(C)c1. The zero-order chi connectivity index (χ0) is 17.7. The number of hydrogen-bond donors (Lipinski definition) is 2. The molecule has 0 spiro atoms. The van der Waals surface area contributed by atoms with Crippen LogP contribution in [0.4, 0.5) is 0 Å². The molecule has 0 bridgehead atoms. The number of morpholine rings is 1. The molecule has 7 nitrogen and oxygen atoms in total. The zero-order valence-electron chi connectivity index (χ0n) is 15.5. The van der Waals surface area contributed by atoms with Crippen LogP contribution in [0.2, 0.25) is 0 Å². The lowest BCUT2D eigenvalue weighted by Gasteiger charge is -2.48. The van der Waals surface area contributed by atoms with Gasteiger partial charge in [0.25, 0.3) is 0 Å². The predicted molar refractivity (Wildman–Crippen MR) is 96.2 cm³/mol. The van der Waals surface area contributed by atoms with E-state index in [0.717, 1.165) is 44.7 Å². The third kappa shape index (κ3) is 4.22. The summed E-state index contributed by atoms with van der Waals surface area (Å²) in [6.45, 7) is 4.24. The Bertz CT molecular complexity index is 562. The fourth-order valence-electron chi connectivity index (χ4n) is 4.24. The van der Waals surface area contributed by atoms with Crippen molar-refractivity contribution in [2.45, 2.75) is 43.7 Å². The molecule has 1 aromatic rings. The predicted octanol–water partition coefficient (Wildman–Crippen LogP) is 0.832. The number of nitrogens with zero attached hydrogens (tertiary/aromatic N) is 3. The molecule has 2 N–H and O–H groups in total. The average molecular weight is 349 g/mol. The lowest BCUT2D eigenvalue weighted by Crippen LogP contribution is -2.60. The van der Waals surface area contributed by atoms with Gasteiger partial charge in [0.2, 0.25) is 5.91 Å². The molecule has 2 heterocycles. The van der Waals surface area contributed by atoms with Gasteiger partial charge in [0.05, 0.1) is 19.4 Å². The molecule has 1 saturated heterocycles. The summed E-state index contributed by atoms with van der Waals surface area (Å²) in [5.74, 6) is 0.0220. The molecule has 1 aromatic heterocycles. The van der Waals surface area contributed by atoms with E-state index in [2.05, 4.69) is 20.6 Å². The van der Waals surface area contributed by atoms with Crippen LogP contribution in [0.25, 0.3) is 0 Å². The number of rotatable bonds is 6. The fourth-order valence-corrected chi connectivity index (χ4v) is 4.24. The van der Waals surface area contributed by atoms with Crippen LogP contribution in [-0.2, 0) is 16.6 Å².